The van der Waals surface area contributed by atoms with Gasteiger partial charge in [-0.15, -0.1) is 13.2 Å². The molecule has 1 rings (SSSR count). The summed E-state index contributed by atoms with van der Waals surface area (Å²) in [5, 5.41) is 9.67. The molecule has 16 heavy (non-hydrogen) atoms. The van der Waals surface area contributed by atoms with Crippen molar-refractivity contribution in [3.63, 3.8) is 0 Å². The summed E-state index contributed by atoms with van der Waals surface area (Å²) in [6, 6.07) is 3.71. The van der Waals surface area contributed by atoms with Crippen LogP contribution in [0.15, 0.2) is 43.6 Å². The molecule has 0 saturated carbocycles. The highest BCUT2D eigenvalue weighted by atomic mass is 16.3. The fourth-order valence-electron chi connectivity index (χ4n) is 1.56. The zero-order valence-corrected chi connectivity index (χ0v) is 9.63. The van der Waals surface area contributed by atoms with E-state index >= 15 is 0 Å². The van der Waals surface area contributed by atoms with Gasteiger partial charge in [0.2, 0.25) is 0 Å². The molecule has 0 radical (unpaired) electrons. The predicted molar refractivity (Wildman–Crippen MR) is 67.5 cm³/mol. The van der Waals surface area contributed by atoms with Gasteiger partial charge in [0, 0.05) is 24.8 Å². The van der Waals surface area contributed by atoms with Gasteiger partial charge in [-0.05, 0) is 13.0 Å². The van der Waals surface area contributed by atoms with Crippen molar-refractivity contribution in [1.29, 1.82) is 0 Å². The number of aliphatic hydroxyl groups is 1. The molecule has 0 fully saturated rings. The lowest BCUT2D eigenvalue weighted by atomic mass is 10.1. The number of aliphatic hydroxyl groups excluding tert-OH is 1. The number of pyridine rings is 1. The average molecular weight is 218 g/mol. The van der Waals surface area contributed by atoms with Gasteiger partial charge in [0.1, 0.15) is 5.82 Å². The fraction of sp³-hybridized carbons (Fsp3) is 0.308. The Morgan fingerprint density at radius 2 is 2.06 bits per heavy atom. The molecule has 0 aliphatic carbocycles. The van der Waals surface area contributed by atoms with Gasteiger partial charge < -0.3 is 10.0 Å². The Labute approximate surface area is 96.7 Å². The maximum atomic E-state index is 9.67. The van der Waals surface area contributed by atoms with Crippen LogP contribution in [0.3, 0.4) is 0 Å². The van der Waals surface area contributed by atoms with Crippen LogP contribution in [-0.2, 0) is 0 Å². The Morgan fingerprint density at radius 3 is 2.56 bits per heavy atom. The highest BCUT2D eigenvalue weighted by Gasteiger charge is 2.13. The number of anilines is 1. The lowest BCUT2D eigenvalue weighted by Crippen LogP contribution is -2.25. The summed E-state index contributed by atoms with van der Waals surface area (Å²) in [4.78, 5) is 6.32. The predicted octanol–water partition coefficient (Wildman–Crippen LogP) is 2.31. The van der Waals surface area contributed by atoms with Crippen molar-refractivity contribution in [3.05, 3.63) is 49.2 Å². The summed E-state index contributed by atoms with van der Waals surface area (Å²) in [5.74, 6) is 0.789. The highest BCUT2D eigenvalue weighted by molar-refractivity contribution is 5.48. The molecular formula is C13H18N2O. The molecule has 3 nitrogen and oxygen atoms in total. The van der Waals surface area contributed by atoms with Crippen molar-refractivity contribution in [2.75, 3.05) is 18.0 Å². The summed E-state index contributed by atoms with van der Waals surface area (Å²) in [5.41, 5.74) is 0.825. The van der Waals surface area contributed by atoms with E-state index in [1.54, 1.807) is 13.1 Å². The summed E-state index contributed by atoms with van der Waals surface area (Å²) < 4.78 is 0. The molecule has 0 bridgehead atoms. The SMILES string of the molecule is C=CCN(CC=C)c1ncccc1C(C)O. The minimum atomic E-state index is -0.527. The van der Waals surface area contributed by atoms with E-state index in [0.29, 0.717) is 13.1 Å². The monoisotopic (exact) mass is 218 g/mol. The summed E-state index contributed by atoms with van der Waals surface area (Å²) >= 11 is 0. The van der Waals surface area contributed by atoms with E-state index in [9.17, 15) is 5.11 Å². The van der Waals surface area contributed by atoms with E-state index in [1.165, 1.54) is 0 Å². The van der Waals surface area contributed by atoms with Gasteiger partial charge in [-0.1, -0.05) is 18.2 Å². The first-order valence-corrected chi connectivity index (χ1v) is 5.30. The molecule has 0 aliphatic heterocycles. The van der Waals surface area contributed by atoms with Gasteiger partial charge in [0.05, 0.1) is 6.10 Å². The Balaban J connectivity index is 3.06. The number of hydrogen-bond donors (Lipinski definition) is 1. The fourth-order valence-corrected chi connectivity index (χ4v) is 1.56. The zero-order chi connectivity index (χ0) is 12.0. The van der Waals surface area contributed by atoms with Gasteiger partial charge >= 0.3 is 0 Å². The maximum Gasteiger partial charge on any atom is 0.134 e. The first-order chi connectivity index (χ1) is 7.70. The molecule has 1 N–H and O–H groups in total. The molecule has 0 amide bonds. The largest absolute Gasteiger partial charge is 0.389 e. The zero-order valence-electron chi connectivity index (χ0n) is 9.63. The van der Waals surface area contributed by atoms with E-state index < -0.39 is 6.10 Å². The van der Waals surface area contributed by atoms with Crippen molar-refractivity contribution < 1.29 is 5.11 Å². The van der Waals surface area contributed by atoms with Gasteiger partial charge in [0.25, 0.3) is 0 Å². The second-order valence-corrected chi connectivity index (χ2v) is 3.57. The van der Waals surface area contributed by atoms with Crippen LogP contribution in [0.25, 0.3) is 0 Å². The molecule has 1 heterocycles. The van der Waals surface area contributed by atoms with Gasteiger partial charge in [-0.3, -0.25) is 0 Å². The molecule has 1 unspecified atom stereocenters. The van der Waals surface area contributed by atoms with Crippen LogP contribution in [0.1, 0.15) is 18.6 Å². The Morgan fingerprint density at radius 1 is 1.44 bits per heavy atom. The molecule has 0 spiro atoms. The van der Waals surface area contributed by atoms with Crippen LogP contribution >= 0.6 is 0 Å². The van der Waals surface area contributed by atoms with Gasteiger partial charge in [-0.25, -0.2) is 4.98 Å². The average Bonchev–Trinajstić information content (AvgIpc) is 2.29. The van der Waals surface area contributed by atoms with E-state index in [-0.39, 0.29) is 0 Å². The van der Waals surface area contributed by atoms with Crippen molar-refractivity contribution in [2.24, 2.45) is 0 Å². The summed E-state index contributed by atoms with van der Waals surface area (Å²) in [6.45, 7) is 10.5. The Bertz CT molecular complexity index is 351. The first-order valence-electron chi connectivity index (χ1n) is 5.30. The molecule has 0 saturated heterocycles. The molecular weight excluding hydrogens is 200 g/mol. The van der Waals surface area contributed by atoms with Crippen molar-refractivity contribution in [3.8, 4) is 0 Å². The van der Waals surface area contributed by atoms with Crippen molar-refractivity contribution >= 4 is 5.82 Å². The third kappa shape index (κ3) is 2.94. The Kier molecular flexibility index (Phi) is 4.73. The van der Waals surface area contributed by atoms with E-state index in [1.807, 2.05) is 29.2 Å². The number of nitrogens with zero attached hydrogens (tertiary/aromatic N) is 2. The van der Waals surface area contributed by atoms with E-state index in [4.69, 9.17) is 0 Å². The molecule has 3 heteroatoms. The highest BCUT2D eigenvalue weighted by Crippen LogP contribution is 2.23. The number of hydrogen-bond acceptors (Lipinski definition) is 3. The third-order valence-corrected chi connectivity index (χ3v) is 2.27. The van der Waals surface area contributed by atoms with Crippen LogP contribution in [-0.4, -0.2) is 23.2 Å². The van der Waals surface area contributed by atoms with E-state index in [2.05, 4.69) is 18.1 Å². The molecule has 86 valence electrons. The van der Waals surface area contributed by atoms with E-state index in [0.717, 1.165) is 11.4 Å². The third-order valence-electron chi connectivity index (χ3n) is 2.27. The lowest BCUT2D eigenvalue weighted by Gasteiger charge is -2.23. The van der Waals surface area contributed by atoms with Crippen molar-refractivity contribution in [2.45, 2.75) is 13.0 Å². The second kappa shape index (κ2) is 6.08. The normalized spacial score (nSPS) is 11.9. The van der Waals surface area contributed by atoms with Gasteiger partial charge in [0.15, 0.2) is 0 Å². The lowest BCUT2D eigenvalue weighted by molar-refractivity contribution is 0.199. The smallest absolute Gasteiger partial charge is 0.134 e. The number of rotatable bonds is 6. The summed E-state index contributed by atoms with van der Waals surface area (Å²) in [6.07, 6.45) is 4.81. The number of aromatic nitrogens is 1. The quantitative estimate of drug-likeness (QED) is 0.744. The molecule has 0 aromatic carbocycles. The standard InChI is InChI=1S/C13H18N2O/c1-4-9-15(10-5-2)13-12(11(3)16)7-6-8-14-13/h4-8,11,16H,1-2,9-10H2,3H3. The summed E-state index contributed by atoms with van der Waals surface area (Å²) in [7, 11) is 0. The molecule has 1 aromatic rings. The minimum Gasteiger partial charge on any atom is -0.389 e. The van der Waals surface area contributed by atoms with Crippen molar-refractivity contribution in [1.82, 2.24) is 4.98 Å². The van der Waals surface area contributed by atoms with Crippen LogP contribution in [0, 0.1) is 0 Å². The topological polar surface area (TPSA) is 36.4 Å². The first kappa shape index (κ1) is 12.5. The van der Waals surface area contributed by atoms with Gasteiger partial charge in [-0.2, -0.15) is 0 Å². The van der Waals surface area contributed by atoms with Crippen LogP contribution in [0.4, 0.5) is 5.82 Å². The van der Waals surface area contributed by atoms with Crippen LogP contribution in [0.2, 0.25) is 0 Å². The molecule has 0 aliphatic rings. The molecule has 1 atom stereocenters. The van der Waals surface area contributed by atoms with Crippen LogP contribution in [0.5, 0.6) is 0 Å². The minimum absolute atomic E-state index is 0.527. The second-order valence-electron chi connectivity index (χ2n) is 3.57. The Hall–Kier alpha value is -1.61. The van der Waals surface area contributed by atoms with Crippen LogP contribution < -0.4 is 4.90 Å². The molecule has 1 aromatic heterocycles. The maximum absolute atomic E-state index is 9.67.